The summed E-state index contributed by atoms with van der Waals surface area (Å²) >= 11 is 0. The first-order valence-electron chi connectivity index (χ1n) is 10.6. The van der Waals surface area contributed by atoms with Crippen LogP contribution in [0.4, 0.5) is 5.82 Å². The summed E-state index contributed by atoms with van der Waals surface area (Å²) in [5.41, 5.74) is 9.04. The van der Waals surface area contributed by atoms with Crippen LogP contribution in [0.1, 0.15) is 46.4 Å². The molecular weight excluding hydrogens is 396 g/mol. The van der Waals surface area contributed by atoms with Crippen LogP contribution in [0.3, 0.4) is 0 Å². The number of pyridine rings is 1. The van der Waals surface area contributed by atoms with Gasteiger partial charge < -0.3 is 25.4 Å². The topological polar surface area (TPSA) is 107 Å². The maximum Gasteiger partial charge on any atom is 0.255 e. The van der Waals surface area contributed by atoms with Gasteiger partial charge in [0.15, 0.2) is 0 Å². The average Bonchev–Trinajstić information content (AvgIpc) is 3.29. The van der Waals surface area contributed by atoms with Crippen molar-refractivity contribution < 1.29 is 19.1 Å². The Morgan fingerprint density at radius 3 is 3.00 bits per heavy atom. The molecule has 1 saturated heterocycles. The van der Waals surface area contributed by atoms with Crippen molar-refractivity contribution in [2.75, 3.05) is 26.0 Å². The molecule has 2 aliphatic heterocycles. The van der Waals surface area contributed by atoms with Crippen molar-refractivity contribution in [1.29, 1.82) is 0 Å². The maximum atomic E-state index is 12.8. The lowest BCUT2D eigenvalue weighted by Crippen LogP contribution is -2.38. The Morgan fingerprint density at radius 1 is 1.35 bits per heavy atom. The molecule has 0 aliphatic carbocycles. The fraction of sp³-hybridized carbons (Fsp3) is 0.435. The zero-order valence-electron chi connectivity index (χ0n) is 17.7. The van der Waals surface area contributed by atoms with Gasteiger partial charge in [0.2, 0.25) is 5.91 Å². The van der Waals surface area contributed by atoms with Crippen LogP contribution in [0.25, 0.3) is 0 Å². The molecule has 0 radical (unpaired) electrons. The molecule has 1 aromatic carbocycles. The molecule has 2 aromatic rings. The van der Waals surface area contributed by atoms with Crippen molar-refractivity contribution in [1.82, 2.24) is 15.2 Å². The number of nitrogens with two attached hydrogens (primary N) is 1. The Labute approximate surface area is 181 Å². The van der Waals surface area contributed by atoms with E-state index in [2.05, 4.69) is 10.3 Å². The van der Waals surface area contributed by atoms with Gasteiger partial charge in [0, 0.05) is 38.4 Å². The average molecular weight is 425 g/mol. The summed E-state index contributed by atoms with van der Waals surface area (Å²) in [4.78, 5) is 31.7. The Bertz CT molecular complexity index is 972. The minimum atomic E-state index is -0.293. The number of rotatable bonds is 6. The van der Waals surface area contributed by atoms with Gasteiger partial charge in [-0.1, -0.05) is 12.1 Å². The SMILES string of the molecule is COc1cccc(CNC(=O)c2cc3c(nc2N)CCN(C(=O)C[C@@H]2CCCO2)C3)c1. The predicted molar refractivity (Wildman–Crippen MR) is 116 cm³/mol. The smallest absolute Gasteiger partial charge is 0.255 e. The summed E-state index contributed by atoms with van der Waals surface area (Å²) < 4.78 is 10.8. The summed E-state index contributed by atoms with van der Waals surface area (Å²) in [5, 5.41) is 2.88. The van der Waals surface area contributed by atoms with Crippen molar-refractivity contribution in [3.05, 3.63) is 52.7 Å². The van der Waals surface area contributed by atoms with E-state index >= 15 is 0 Å². The molecule has 8 nitrogen and oxygen atoms in total. The molecule has 31 heavy (non-hydrogen) atoms. The second kappa shape index (κ2) is 9.34. The van der Waals surface area contributed by atoms with Crippen LogP contribution in [-0.4, -0.2) is 48.1 Å². The summed E-state index contributed by atoms with van der Waals surface area (Å²) in [6.45, 7) is 2.12. The standard InChI is InChI=1S/C23H28N4O4/c1-30-17-5-2-4-15(10-17)13-25-23(29)19-11-16-14-27(8-7-20(16)26-22(19)24)21(28)12-18-6-3-9-31-18/h2,4-5,10-11,18H,3,6-9,12-14H2,1H3,(H2,24,26)(H,25,29)/t18-/m0/s1. The van der Waals surface area contributed by atoms with Gasteiger partial charge in [-0.25, -0.2) is 4.98 Å². The van der Waals surface area contributed by atoms with Crippen molar-refractivity contribution in [2.45, 2.75) is 44.9 Å². The number of fused-ring (bicyclic) bond motifs is 1. The second-order valence-corrected chi connectivity index (χ2v) is 7.97. The molecular formula is C23H28N4O4. The molecule has 3 N–H and O–H groups in total. The molecule has 3 heterocycles. The highest BCUT2D eigenvalue weighted by Crippen LogP contribution is 2.24. The molecule has 1 atom stereocenters. The number of ether oxygens (including phenoxy) is 2. The molecule has 0 saturated carbocycles. The first-order chi connectivity index (χ1) is 15.0. The van der Waals surface area contributed by atoms with Crippen LogP contribution in [0.5, 0.6) is 5.75 Å². The highest BCUT2D eigenvalue weighted by atomic mass is 16.5. The van der Waals surface area contributed by atoms with Crippen LogP contribution in [0.15, 0.2) is 30.3 Å². The fourth-order valence-corrected chi connectivity index (χ4v) is 4.07. The van der Waals surface area contributed by atoms with E-state index < -0.39 is 0 Å². The maximum absolute atomic E-state index is 12.8. The minimum Gasteiger partial charge on any atom is -0.497 e. The van der Waals surface area contributed by atoms with Crippen molar-refractivity contribution in [3.63, 3.8) is 0 Å². The number of hydrogen-bond donors (Lipinski definition) is 2. The van der Waals surface area contributed by atoms with Gasteiger partial charge in [-0.05, 0) is 42.2 Å². The van der Waals surface area contributed by atoms with E-state index in [0.29, 0.717) is 38.0 Å². The van der Waals surface area contributed by atoms with E-state index in [1.807, 2.05) is 29.2 Å². The van der Waals surface area contributed by atoms with Crippen molar-refractivity contribution in [2.24, 2.45) is 0 Å². The van der Waals surface area contributed by atoms with E-state index in [1.165, 1.54) is 0 Å². The lowest BCUT2D eigenvalue weighted by atomic mass is 10.0. The summed E-state index contributed by atoms with van der Waals surface area (Å²) in [7, 11) is 1.60. The van der Waals surface area contributed by atoms with Gasteiger partial charge in [-0.2, -0.15) is 0 Å². The minimum absolute atomic E-state index is 0.0244. The number of benzene rings is 1. The summed E-state index contributed by atoms with van der Waals surface area (Å²) in [6, 6.07) is 9.27. The van der Waals surface area contributed by atoms with Gasteiger partial charge in [-0.15, -0.1) is 0 Å². The summed E-state index contributed by atoms with van der Waals surface area (Å²) in [6.07, 6.45) is 3.01. The molecule has 2 aliphatic rings. The number of hydrogen-bond acceptors (Lipinski definition) is 6. The highest BCUT2D eigenvalue weighted by Gasteiger charge is 2.27. The first-order valence-corrected chi connectivity index (χ1v) is 10.6. The highest BCUT2D eigenvalue weighted by molar-refractivity contribution is 5.98. The Balaban J connectivity index is 1.42. The Kier molecular flexibility index (Phi) is 6.36. The monoisotopic (exact) mass is 424 g/mol. The van der Waals surface area contributed by atoms with Crippen LogP contribution in [0.2, 0.25) is 0 Å². The van der Waals surface area contributed by atoms with Gasteiger partial charge in [0.25, 0.3) is 5.91 Å². The molecule has 1 fully saturated rings. The number of aromatic nitrogens is 1. The molecule has 0 unspecified atom stereocenters. The quantitative estimate of drug-likeness (QED) is 0.735. The second-order valence-electron chi connectivity index (χ2n) is 7.97. The molecule has 164 valence electrons. The van der Waals surface area contributed by atoms with E-state index in [-0.39, 0.29) is 23.7 Å². The predicted octanol–water partition coefficient (Wildman–Crippen LogP) is 2.06. The largest absolute Gasteiger partial charge is 0.497 e. The van der Waals surface area contributed by atoms with E-state index in [1.54, 1.807) is 13.2 Å². The number of anilines is 1. The summed E-state index contributed by atoms with van der Waals surface area (Å²) in [5.74, 6) is 0.729. The third kappa shape index (κ3) is 4.96. The van der Waals surface area contributed by atoms with Crippen LogP contribution < -0.4 is 15.8 Å². The van der Waals surface area contributed by atoms with Gasteiger partial charge in [0.1, 0.15) is 11.6 Å². The number of methoxy groups -OCH3 is 1. The zero-order chi connectivity index (χ0) is 21.8. The van der Waals surface area contributed by atoms with E-state index in [4.69, 9.17) is 15.2 Å². The molecule has 0 bridgehead atoms. The van der Waals surface area contributed by atoms with E-state index in [9.17, 15) is 9.59 Å². The van der Waals surface area contributed by atoms with Crippen LogP contribution in [0, 0.1) is 0 Å². The molecule has 4 rings (SSSR count). The number of nitrogens with zero attached hydrogens (tertiary/aromatic N) is 2. The first kappa shape index (κ1) is 21.1. The molecule has 0 spiro atoms. The number of carbonyl (C=O) groups is 2. The molecule has 1 aromatic heterocycles. The third-order valence-corrected chi connectivity index (χ3v) is 5.81. The van der Waals surface area contributed by atoms with Crippen molar-refractivity contribution >= 4 is 17.6 Å². The number of nitrogen functional groups attached to an aromatic ring is 1. The van der Waals surface area contributed by atoms with Crippen molar-refractivity contribution in [3.8, 4) is 5.75 Å². The lowest BCUT2D eigenvalue weighted by Gasteiger charge is -2.29. The number of carbonyl (C=O) groups excluding carboxylic acids is 2. The fourth-order valence-electron chi connectivity index (χ4n) is 4.07. The number of nitrogens with one attached hydrogen (secondary N) is 1. The lowest BCUT2D eigenvalue weighted by molar-refractivity contribution is -0.134. The Hall–Kier alpha value is -3.13. The van der Waals surface area contributed by atoms with Crippen LogP contribution in [-0.2, 0) is 29.0 Å². The Morgan fingerprint density at radius 2 is 2.23 bits per heavy atom. The third-order valence-electron chi connectivity index (χ3n) is 5.81. The normalized spacial score (nSPS) is 17.8. The molecule has 8 heteroatoms. The zero-order valence-corrected chi connectivity index (χ0v) is 17.7. The van der Waals surface area contributed by atoms with E-state index in [0.717, 1.165) is 42.0 Å². The number of amides is 2. The van der Waals surface area contributed by atoms with Gasteiger partial charge >= 0.3 is 0 Å². The molecule has 2 amide bonds. The van der Waals surface area contributed by atoms with Gasteiger partial charge in [0.05, 0.1) is 25.2 Å². The van der Waals surface area contributed by atoms with Gasteiger partial charge in [-0.3, -0.25) is 9.59 Å². The van der Waals surface area contributed by atoms with Crippen LogP contribution >= 0.6 is 0 Å².